The fraction of sp³-hybridized carbons (Fsp3) is 0.125. The zero-order valence-electron chi connectivity index (χ0n) is 16.5. The van der Waals surface area contributed by atoms with Crippen molar-refractivity contribution in [1.29, 1.82) is 5.26 Å². The second kappa shape index (κ2) is 10.4. The number of nitrogens with zero attached hydrogens (tertiary/aromatic N) is 2. The zero-order chi connectivity index (χ0) is 21.2. The molecule has 6 nitrogen and oxygen atoms in total. The maximum absolute atomic E-state index is 12.1. The van der Waals surface area contributed by atoms with Crippen LogP contribution in [-0.2, 0) is 11.4 Å². The van der Waals surface area contributed by atoms with Gasteiger partial charge in [-0.3, -0.25) is 4.79 Å². The van der Waals surface area contributed by atoms with Gasteiger partial charge in [0.15, 0.2) is 6.10 Å². The quantitative estimate of drug-likeness (QED) is 0.457. The third kappa shape index (κ3) is 6.21. The Hall–Kier alpha value is -4.11. The molecule has 3 aromatic rings. The van der Waals surface area contributed by atoms with E-state index in [-0.39, 0.29) is 5.91 Å². The van der Waals surface area contributed by atoms with Crippen LogP contribution in [0.4, 0.5) is 0 Å². The van der Waals surface area contributed by atoms with Gasteiger partial charge in [-0.15, -0.1) is 0 Å². The maximum atomic E-state index is 12.1. The molecule has 3 rings (SSSR count). The highest BCUT2D eigenvalue weighted by Crippen LogP contribution is 2.14. The zero-order valence-corrected chi connectivity index (χ0v) is 16.5. The number of benzene rings is 3. The molecule has 3 aromatic carbocycles. The van der Waals surface area contributed by atoms with Crippen molar-refractivity contribution in [2.45, 2.75) is 19.6 Å². The van der Waals surface area contributed by atoms with Crippen molar-refractivity contribution in [3.63, 3.8) is 0 Å². The normalized spacial score (nSPS) is 11.5. The Balaban J connectivity index is 1.45. The molecule has 150 valence electrons. The van der Waals surface area contributed by atoms with Gasteiger partial charge in [-0.05, 0) is 66.6 Å². The van der Waals surface area contributed by atoms with Gasteiger partial charge in [0.2, 0.25) is 0 Å². The van der Waals surface area contributed by atoms with Gasteiger partial charge in [-0.25, -0.2) is 5.43 Å². The molecular formula is C24H21N3O3. The third-order valence-corrected chi connectivity index (χ3v) is 4.18. The molecule has 0 saturated heterocycles. The molecule has 0 aliphatic rings. The van der Waals surface area contributed by atoms with Gasteiger partial charge >= 0.3 is 0 Å². The Labute approximate surface area is 175 Å². The Morgan fingerprint density at radius 2 is 1.70 bits per heavy atom. The highest BCUT2D eigenvalue weighted by molar-refractivity contribution is 5.84. The summed E-state index contributed by atoms with van der Waals surface area (Å²) in [5.41, 5.74) is 4.91. The second-order valence-corrected chi connectivity index (χ2v) is 6.47. The van der Waals surface area contributed by atoms with E-state index in [1.807, 2.05) is 60.7 Å². The number of rotatable bonds is 8. The highest BCUT2D eigenvalue weighted by Gasteiger charge is 2.13. The molecule has 0 aliphatic heterocycles. The molecule has 0 aromatic heterocycles. The molecule has 0 aliphatic carbocycles. The van der Waals surface area contributed by atoms with Crippen LogP contribution in [0.3, 0.4) is 0 Å². The number of nitrogens with one attached hydrogen (secondary N) is 1. The van der Waals surface area contributed by atoms with Gasteiger partial charge in [0.25, 0.3) is 5.91 Å². The SMILES string of the molecule is C[C@@H](Oc1ccc(C#N)cc1)C(=O)N/N=C\c1ccc(OCc2ccccc2)cc1. The van der Waals surface area contributed by atoms with E-state index in [9.17, 15) is 4.79 Å². The van der Waals surface area contributed by atoms with E-state index in [1.54, 1.807) is 37.4 Å². The lowest BCUT2D eigenvalue weighted by Crippen LogP contribution is -2.33. The van der Waals surface area contributed by atoms with Crippen LogP contribution in [0.5, 0.6) is 11.5 Å². The molecule has 1 N–H and O–H groups in total. The van der Waals surface area contributed by atoms with Crippen molar-refractivity contribution in [3.05, 3.63) is 95.6 Å². The molecule has 0 saturated carbocycles. The summed E-state index contributed by atoms with van der Waals surface area (Å²) in [5.74, 6) is 0.884. The van der Waals surface area contributed by atoms with Crippen LogP contribution in [0.2, 0.25) is 0 Å². The number of nitriles is 1. The highest BCUT2D eigenvalue weighted by atomic mass is 16.5. The van der Waals surface area contributed by atoms with E-state index < -0.39 is 6.10 Å². The fourth-order valence-electron chi connectivity index (χ4n) is 2.52. The second-order valence-electron chi connectivity index (χ2n) is 6.47. The average Bonchev–Trinajstić information content (AvgIpc) is 2.79. The molecule has 0 spiro atoms. The number of carbonyl (C=O) groups excluding carboxylic acids is 1. The number of amides is 1. The van der Waals surface area contributed by atoms with Gasteiger partial charge in [0.1, 0.15) is 18.1 Å². The van der Waals surface area contributed by atoms with Crippen LogP contribution in [-0.4, -0.2) is 18.2 Å². The summed E-state index contributed by atoms with van der Waals surface area (Å²) in [7, 11) is 0. The Kier molecular flexibility index (Phi) is 7.17. The summed E-state index contributed by atoms with van der Waals surface area (Å²) in [6.07, 6.45) is 0.816. The van der Waals surface area contributed by atoms with Gasteiger partial charge in [-0.1, -0.05) is 30.3 Å². The van der Waals surface area contributed by atoms with Gasteiger partial charge < -0.3 is 9.47 Å². The van der Waals surface area contributed by atoms with Crippen molar-refractivity contribution in [3.8, 4) is 17.6 Å². The molecule has 0 fully saturated rings. The molecule has 0 bridgehead atoms. The molecule has 30 heavy (non-hydrogen) atoms. The van der Waals surface area contributed by atoms with Crippen molar-refractivity contribution in [1.82, 2.24) is 5.43 Å². The Morgan fingerprint density at radius 3 is 2.37 bits per heavy atom. The van der Waals surface area contributed by atoms with Crippen LogP contribution < -0.4 is 14.9 Å². The molecular weight excluding hydrogens is 378 g/mol. The predicted molar refractivity (Wildman–Crippen MR) is 114 cm³/mol. The standard InChI is InChI=1S/C24H21N3O3/c1-18(30-23-13-7-19(15-25)8-14-23)24(28)27-26-16-20-9-11-22(12-10-20)29-17-21-5-3-2-4-6-21/h2-14,16,18H,17H2,1H3,(H,27,28)/b26-16-/t18-/m1/s1. The minimum Gasteiger partial charge on any atom is -0.489 e. The lowest BCUT2D eigenvalue weighted by molar-refractivity contribution is -0.127. The molecule has 1 amide bonds. The van der Waals surface area contributed by atoms with Crippen molar-refractivity contribution in [2.75, 3.05) is 0 Å². The van der Waals surface area contributed by atoms with Crippen LogP contribution in [0.25, 0.3) is 0 Å². The van der Waals surface area contributed by atoms with E-state index in [1.165, 1.54) is 0 Å². The van der Waals surface area contributed by atoms with Crippen molar-refractivity contribution < 1.29 is 14.3 Å². The summed E-state index contributed by atoms with van der Waals surface area (Å²) in [5, 5.41) is 12.8. The minimum absolute atomic E-state index is 0.376. The lowest BCUT2D eigenvalue weighted by atomic mass is 10.2. The number of carbonyl (C=O) groups is 1. The first-order chi connectivity index (χ1) is 14.6. The fourth-order valence-corrected chi connectivity index (χ4v) is 2.52. The van der Waals surface area contributed by atoms with Crippen molar-refractivity contribution >= 4 is 12.1 Å². The molecule has 0 unspecified atom stereocenters. The number of ether oxygens (including phenoxy) is 2. The van der Waals surface area contributed by atoms with Gasteiger partial charge in [-0.2, -0.15) is 10.4 Å². The number of hydrogen-bond acceptors (Lipinski definition) is 5. The van der Waals surface area contributed by atoms with Crippen LogP contribution >= 0.6 is 0 Å². The van der Waals surface area contributed by atoms with E-state index in [2.05, 4.69) is 10.5 Å². The average molecular weight is 399 g/mol. The first kappa shape index (κ1) is 20.6. The van der Waals surface area contributed by atoms with Crippen LogP contribution in [0.15, 0.2) is 84.0 Å². The predicted octanol–water partition coefficient (Wildman–Crippen LogP) is 4.05. The number of hydrazone groups is 1. The summed E-state index contributed by atoms with van der Waals surface area (Å²) in [6, 6.07) is 25.9. The molecule has 0 heterocycles. The van der Waals surface area contributed by atoms with Crippen LogP contribution in [0.1, 0.15) is 23.6 Å². The first-order valence-electron chi connectivity index (χ1n) is 9.40. The summed E-state index contributed by atoms with van der Waals surface area (Å²) >= 11 is 0. The van der Waals surface area contributed by atoms with Crippen molar-refractivity contribution in [2.24, 2.45) is 5.10 Å². The smallest absolute Gasteiger partial charge is 0.280 e. The first-order valence-corrected chi connectivity index (χ1v) is 9.40. The lowest BCUT2D eigenvalue weighted by Gasteiger charge is -2.12. The third-order valence-electron chi connectivity index (χ3n) is 4.18. The monoisotopic (exact) mass is 399 g/mol. The Bertz CT molecular complexity index is 1020. The van der Waals surface area contributed by atoms with E-state index in [0.717, 1.165) is 16.9 Å². The van der Waals surface area contributed by atoms with Crippen LogP contribution in [0, 0.1) is 11.3 Å². The maximum Gasteiger partial charge on any atom is 0.280 e. The summed E-state index contributed by atoms with van der Waals surface area (Å²) in [6.45, 7) is 2.13. The summed E-state index contributed by atoms with van der Waals surface area (Å²) in [4.78, 5) is 12.1. The van der Waals surface area contributed by atoms with E-state index in [0.29, 0.717) is 17.9 Å². The largest absolute Gasteiger partial charge is 0.489 e. The van der Waals surface area contributed by atoms with Gasteiger partial charge in [0, 0.05) is 0 Å². The Morgan fingerprint density at radius 1 is 1.03 bits per heavy atom. The summed E-state index contributed by atoms with van der Waals surface area (Å²) < 4.78 is 11.3. The van der Waals surface area contributed by atoms with Gasteiger partial charge in [0.05, 0.1) is 17.8 Å². The van der Waals surface area contributed by atoms with E-state index >= 15 is 0 Å². The topological polar surface area (TPSA) is 83.7 Å². The molecule has 1 atom stereocenters. The molecule has 0 radical (unpaired) electrons. The molecule has 6 heteroatoms. The number of hydrogen-bond donors (Lipinski definition) is 1. The van der Waals surface area contributed by atoms with E-state index in [4.69, 9.17) is 14.7 Å². The minimum atomic E-state index is -0.733.